The maximum atomic E-state index is 9.40. The molecule has 0 saturated carbocycles. The number of phenolic OH excluding ortho intramolecular Hbond substituents is 1. The first-order chi connectivity index (χ1) is 9.74. The molecule has 20 heavy (non-hydrogen) atoms. The average molecular weight is 274 g/mol. The molecule has 2 aliphatic heterocycles. The molecule has 3 heteroatoms. The minimum absolute atomic E-state index is 0.357. The summed E-state index contributed by atoms with van der Waals surface area (Å²) in [6, 6.07) is 9.91. The number of fused-ring (bicyclic) bond motifs is 2. The number of nitrogens with one attached hydrogen (secondary N) is 1. The summed E-state index contributed by atoms with van der Waals surface area (Å²) < 4.78 is 0. The maximum absolute atomic E-state index is 9.40. The van der Waals surface area contributed by atoms with Gasteiger partial charge in [0.2, 0.25) is 0 Å². The van der Waals surface area contributed by atoms with Gasteiger partial charge in [-0.3, -0.25) is 4.90 Å². The Morgan fingerprint density at radius 3 is 2.40 bits per heavy atom. The smallest absolute Gasteiger partial charge is 0.115 e. The lowest BCUT2D eigenvalue weighted by Crippen LogP contribution is -2.48. The molecule has 0 aromatic heterocycles. The zero-order valence-electron chi connectivity index (χ0n) is 12.4. The summed E-state index contributed by atoms with van der Waals surface area (Å²) in [5, 5.41) is 13.1. The highest BCUT2D eigenvalue weighted by molar-refractivity contribution is 5.25. The minimum Gasteiger partial charge on any atom is -0.508 e. The van der Waals surface area contributed by atoms with Gasteiger partial charge in [-0.1, -0.05) is 19.1 Å². The zero-order chi connectivity index (χ0) is 13.9. The van der Waals surface area contributed by atoms with Crippen molar-refractivity contribution in [3.63, 3.8) is 0 Å². The van der Waals surface area contributed by atoms with E-state index < -0.39 is 0 Å². The van der Waals surface area contributed by atoms with Crippen LogP contribution in [-0.4, -0.2) is 34.7 Å². The van der Waals surface area contributed by atoms with Crippen LogP contribution in [0.25, 0.3) is 0 Å². The zero-order valence-corrected chi connectivity index (χ0v) is 12.4. The third-order valence-corrected chi connectivity index (χ3v) is 4.80. The fourth-order valence-electron chi connectivity index (χ4n) is 3.84. The molecule has 1 aromatic rings. The van der Waals surface area contributed by atoms with Crippen LogP contribution in [0.15, 0.2) is 24.3 Å². The van der Waals surface area contributed by atoms with E-state index in [9.17, 15) is 5.11 Å². The Bertz CT molecular complexity index is 419. The summed E-state index contributed by atoms with van der Waals surface area (Å²) in [6.45, 7) is 4.45. The first-order valence-corrected chi connectivity index (χ1v) is 8.02. The van der Waals surface area contributed by atoms with Crippen molar-refractivity contribution < 1.29 is 5.11 Å². The third-order valence-electron chi connectivity index (χ3n) is 4.80. The number of hydrogen-bond acceptors (Lipinski definition) is 3. The summed E-state index contributed by atoms with van der Waals surface area (Å²) >= 11 is 0. The molecule has 2 aliphatic rings. The number of benzene rings is 1. The molecule has 110 valence electrons. The first kappa shape index (κ1) is 13.9. The molecule has 3 rings (SSSR count). The summed E-state index contributed by atoms with van der Waals surface area (Å²) in [6.07, 6.45) is 6.53. The molecule has 2 heterocycles. The molecule has 2 N–H and O–H groups in total. The molecule has 1 aromatic carbocycles. The highest BCUT2D eigenvalue weighted by Gasteiger charge is 2.35. The summed E-state index contributed by atoms with van der Waals surface area (Å²) in [4.78, 5) is 2.65. The van der Waals surface area contributed by atoms with Crippen LogP contribution in [0, 0.1) is 0 Å². The number of rotatable bonds is 5. The maximum Gasteiger partial charge on any atom is 0.115 e. The normalized spacial score (nSPS) is 29.0. The lowest BCUT2D eigenvalue weighted by Gasteiger charge is -2.37. The van der Waals surface area contributed by atoms with Crippen molar-refractivity contribution in [1.29, 1.82) is 0 Å². The molecular formula is C17H26N2O. The molecule has 0 aliphatic carbocycles. The van der Waals surface area contributed by atoms with Crippen molar-refractivity contribution in [3.8, 4) is 5.75 Å². The topological polar surface area (TPSA) is 35.5 Å². The Morgan fingerprint density at radius 1 is 1.15 bits per heavy atom. The molecule has 0 radical (unpaired) electrons. The molecule has 0 spiro atoms. The van der Waals surface area contributed by atoms with Crippen molar-refractivity contribution in [2.24, 2.45) is 0 Å². The van der Waals surface area contributed by atoms with Gasteiger partial charge in [-0.25, -0.2) is 0 Å². The fourth-order valence-corrected chi connectivity index (χ4v) is 3.84. The van der Waals surface area contributed by atoms with Gasteiger partial charge in [0.15, 0.2) is 0 Å². The van der Waals surface area contributed by atoms with Crippen LogP contribution in [0.2, 0.25) is 0 Å². The first-order valence-electron chi connectivity index (χ1n) is 8.02. The Kier molecular flexibility index (Phi) is 4.27. The monoisotopic (exact) mass is 274 g/mol. The van der Waals surface area contributed by atoms with Crippen molar-refractivity contribution in [3.05, 3.63) is 29.8 Å². The molecule has 2 bridgehead atoms. The number of aromatic hydroxyl groups is 1. The number of hydrogen-bond donors (Lipinski definition) is 2. The lowest BCUT2D eigenvalue weighted by atomic mass is 9.97. The Balaban J connectivity index is 1.67. The molecule has 0 amide bonds. The van der Waals surface area contributed by atoms with Crippen molar-refractivity contribution in [2.45, 2.75) is 63.7 Å². The van der Waals surface area contributed by atoms with Crippen LogP contribution in [0.4, 0.5) is 0 Å². The van der Waals surface area contributed by atoms with E-state index in [1.54, 1.807) is 12.1 Å². The van der Waals surface area contributed by atoms with Crippen LogP contribution in [0.1, 0.15) is 44.6 Å². The summed E-state index contributed by atoms with van der Waals surface area (Å²) in [5.41, 5.74) is 1.31. The molecular weight excluding hydrogens is 248 g/mol. The fraction of sp³-hybridized carbons (Fsp3) is 0.647. The third kappa shape index (κ3) is 3.15. The van der Waals surface area contributed by atoms with Crippen molar-refractivity contribution in [1.82, 2.24) is 10.2 Å². The molecule has 2 atom stereocenters. The SMILES string of the molecule is CCCN(Cc1ccc(O)cc1)C1CC2CCC(C1)N2. The second-order valence-corrected chi connectivity index (χ2v) is 6.40. The predicted molar refractivity (Wildman–Crippen MR) is 81.8 cm³/mol. The van der Waals surface area contributed by atoms with Gasteiger partial charge in [-0.05, 0) is 56.3 Å². The molecule has 3 nitrogen and oxygen atoms in total. The highest BCUT2D eigenvalue weighted by Crippen LogP contribution is 2.30. The van der Waals surface area contributed by atoms with Crippen LogP contribution in [-0.2, 0) is 6.54 Å². The Labute approximate surface area is 122 Å². The van der Waals surface area contributed by atoms with Gasteiger partial charge in [0.1, 0.15) is 5.75 Å². The van der Waals surface area contributed by atoms with E-state index in [0.29, 0.717) is 5.75 Å². The quantitative estimate of drug-likeness (QED) is 0.866. The van der Waals surface area contributed by atoms with Gasteiger partial charge in [-0.15, -0.1) is 0 Å². The van der Waals surface area contributed by atoms with Crippen molar-refractivity contribution in [2.75, 3.05) is 6.54 Å². The predicted octanol–water partition coefficient (Wildman–Crippen LogP) is 2.89. The minimum atomic E-state index is 0.357. The standard InChI is InChI=1S/C17H26N2O/c1-2-9-19(12-13-3-7-17(20)8-4-13)16-10-14-5-6-15(11-16)18-14/h3-4,7-8,14-16,18,20H,2,5-6,9-12H2,1H3. The Hall–Kier alpha value is -1.06. The van der Waals surface area contributed by atoms with E-state index in [0.717, 1.165) is 24.7 Å². The van der Waals surface area contributed by atoms with E-state index in [-0.39, 0.29) is 0 Å². The van der Waals surface area contributed by atoms with Gasteiger partial charge in [0, 0.05) is 24.7 Å². The van der Waals surface area contributed by atoms with Crippen LogP contribution < -0.4 is 5.32 Å². The Morgan fingerprint density at radius 2 is 1.80 bits per heavy atom. The van der Waals surface area contributed by atoms with Crippen molar-refractivity contribution >= 4 is 0 Å². The van der Waals surface area contributed by atoms with Gasteiger partial charge in [0.05, 0.1) is 0 Å². The van der Waals surface area contributed by atoms with E-state index in [2.05, 4.69) is 17.1 Å². The van der Waals surface area contributed by atoms with E-state index in [1.807, 2.05) is 12.1 Å². The van der Waals surface area contributed by atoms with Crippen LogP contribution in [0.3, 0.4) is 0 Å². The summed E-state index contributed by atoms with van der Waals surface area (Å²) in [5.74, 6) is 0.357. The summed E-state index contributed by atoms with van der Waals surface area (Å²) in [7, 11) is 0. The molecule has 2 saturated heterocycles. The number of piperidine rings is 1. The van der Waals surface area contributed by atoms with E-state index >= 15 is 0 Å². The van der Waals surface area contributed by atoms with E-state index in [1.165, 1.54) is 44.2 Å². The van der Waals surface area contributed by atoms with E-state index in [4.69, 9.17) is 0 Å². The number of phenols is 1. The average Bonchev–Trinajstić information content (AvgIpc) is 2.79. The lowest BCUT2D eigenvalue weighted by molar-refractivity contribution is 0.134. The second-order valence-electron chi connectivity index (χ2n) is 6.40. The van der Waals surface area contributed by atoms with Crippen LogP contribution >= 0.6 is 0 Å². The largest absolute Gasteiger partial charge is 0.508 e. The molecule has 2 fully saturated rings. The molecule has 2 unspecified atom stereocenters. The van der Waals surface area contributed by atoms with Gasteiger partial charge in [-0.2, -0.15) is 0 Å². The van der Waals surface area contributed by atoms with Gasteiger partial charge < -0.3 is 10.4 Å². The van der Waals surface area contributed by atoms with Gasteiger partial charge >= 0.3 is 0 Å². The second kappa shape index (κ2) is 6.15. The highest BCUT2D eigenvalue weighted by atomic mass is 16.3. The van der Waals surface area contributed by atoms with Crippen LogP contribution in [0.5, 0.6) is 5.75 Å². The number of nitrogens with zero attached hydrogens (tertiary/aromatic N) is 1. The van der Waals surface area contributed by atoms with Gasteiger partial charge in [0.25, 0.3) is 0 Å².